The van der Waals surface area contributed by atoms with E-state index in [1.807, 2.05) is 0 Å². The number of amides is 2. The highest BCUT2D eigenvalue weighted by Crippen LogP contribution is 2.31. The van der Waals surface area contributed by atoms with Crippen LogP contribution in [0.2, 0.25) is 20.1 Å². The van der Waals surface area contributed by atoms with Crippen molar-refractivity contribution >= 4 is 63.8 Å². The van der Waals surface area contributed by atoms with Crippen LogP contribution in [-0.2, 0) is 6.61 Å². The first-order chi connectivity index (χ1) is 14.3. The molecule has 0 radical (unpaired) electrons. The van der Waals surface area contributed by atoms with Crippen LogP contribution in [0.3, 0.4) is 0 Å². The van der Waals surface area contributed by atoms with Crippen molar-refractivity contribution in [1.29, 1.82) is 0 Å². The fraction of sp³-hybridized carbons (Fsp3) is 0.0952. The van der Waals surface area contributed by atoms with Crippen molar-refractivity contribution in [3.63, 3.8) is 0 Å². The van der Waals surface area contributed by atoms with Crippen molar-refractivity contribution in [2.24, 2.45) is 0 Å². The molecule has 3 rings (SSSR count). The minimum absolute atomic E-state index is 0.216. The molecular formula is C21H16Cl4N2O3. The zero-order chi connectivity index (χ0) is 21.7. The van der Waals surface area contributed by atoms with Gasteiger partial charge in [-0.3, -0.25) is 0 Å². The van der Waals surface area contributed by atoms with Crippen LogP contribution in [-0.4, -0.2) is 13.1 Å². The molecular weight excluding hydrogens is 470 g/mol. The first-order valence-electron chi connectivity index (χ1n) is 8.62. The Bertz CT molecular complexity index is 1040. The van der Waals surface area contributed by atoms with Gasteiger partial charge in [-0.2, -0.15) is 0 Å². The number of halogens is 4. The van der Waals surface area contributed by atoms with E-state index in [1.165, 1.54) is 7.11 Å². The third kappa shape index (κ3) is 6.34. The minimum Gasteiger partial charge on any atom is -0.493 e. The Morgan fingerprint density at radius 3 is 1.93 bits per heavy atom. The highest BCUT2D eigenvalue weighted by Gasteiger charge is 2.10. The van der Waals surface area contributed by atoms with Gasteiger partial charge in [-0.05, 0) is 54.1 Å². The van der Waals surface area contributed by atoms with Gasteiger partial charge in [0.05, 0.1) is 7.11 Å². The Morgan fingerprint density at radius 1 is 0.767 bits per heavy atom. The maximum atomic E-state index is 12.3. The van der Waals surface area contributed by atoms with Gasteiger partial charge in [-0.15, -0.1) is 0 Å². The van der Waals surface area contributed by atoms with Crippen LogP contribution >= 0.6 is 46.4 Å². The second-order valence-corrected chi connectivity index (χ2v) is 7.92. The topological polar surface area (TPSA) is 59.6 Å². The van der Waals surface area contributed by atoms with Crippen LogP contribution < -0.4 is 20.1 Å². The number of anilines is 2. The summed E-state index contributed by atoms with van der Waals surface area (Å²) in [5.41, 5.74) is 1.76. The number of benzene rings is 3. The van der Waals surface area contributed by atoms with Crippen molar-refractivity contribution in [1.82, 2.24) is 0 Å². The van der Waals surface area contributed by atoms with Gasteiger partial charge in [0.15, 0.2) is 11.5 Å². The zero-order valence-corrected chi connectivity index (χ0v) is 18.7. The van der Waals surface area contributed by atoms with E-state index in [-0.39, 0.29) is 6.61 Å². The van der Waals surface area contributed by atoms with Gasteiger partial charge in [0, 0.05) is 37.5 Å². The highest BCUT2D eigenvalue weighted by atomic mass is 35.5. The Morgan fingerprint density at radius 2 is 1.33 bits per heavy atom. The summed E-state index contributed by atoms with van der Waals surface area (Å²) in [4.78, 5) is 12.3. The van der Waals surface area contributed by atoms with Gasteiger partial charge < -0.3 is 20.1 Å². The molecule has 5 nitrogen and oxygen atoms in total. The van der Waals surface area contributed by atoms with Gasteiger partial charge in [-0.1, -0.05) is 46.4 Å². The molecule has 0 saturated heterocycles. The average Bonchev–Trinajstić information content (AvgIpc) is 2.65. The normalized spacial score (nSPS) is 10.4. The second-order valence-electron chi connectivity index (χ2n) is 6.17. The molecule has 0 atom stereocenters. The molecule has 0 aliphatic heterocycles. The summed E-state index contributed by atoms with van der Waals surface area (Å²) in [7, 11) is 1.53. The summed E-state index contributed by atoms with van der Waals surface area (Å²) in [5.74, 6) is 0.952. The van der Waals surface area contributed by atoms with Crippen LogP contribution in [0.1, 0.15) is 5.56 Å². The highest BCUT2D eigenvalue weighted by molar-refractivity contribution is 6.35. The Kier molecular flexibility index (Phi) is 7.56. The standard InChI is InChI=1S/C21H16Cl4N2O3/c1-29-19-3-2-17(26-21(28)27-18-8-15(24)7-16(25)9-18)10-20(19)30-11-12-4-13(22)6-14(23)5-12/h2-10H,11H2,1H3,(H2,26,27,28). The maximum absolute atomic E-state index is 12.3. The predicted octanol–water partition coefficient (Wildman–Crippen LogP) is 7.53. The van der Waals surface area contributed by atoms with Crippen LogP contribution in [0.5, 0.6) is 11.5 Å². The summed E-state index contributed by atoms with van der Waals surface area (Å²) in [6.07, 6.45) is 0. The molecule has 0 saturated carbocycles. The van der Waals surface area contributed by atoms with E-state index >= 15 is 0 Å². The van der Waals surface area contributed by atoms with Gasteiger partial charge in [0.1, 0.15) is 6.61 Å². The molecule has 156 valence electrons. The molecule has 9 heteroatoms. The number of rotatable bonds is 6. The molecule has 0 aliphatic rings. The molecule has 30 heavy (non-hydrogen) atoms. The van der Waals surface area contributed by atoms with E-state index in [1.54, 1.807) is 54.6 Å². The van der Waals surface area contributed by atoms with Crippen molar-refractivity contribution in [3.05, 3.63) is 80.3 Å². The maximum Gasteiger partial charge on any atom is 0.323 e. The molecule has 0 spiro atoms. The summed E-state index contributed by atoms with van der Waals surface area (Å²) in [6.45, 7) is 0.216. The minimum atomic E-state index is -0.467. The van der Waals surface area contributed by atoms with E-state index in [4.69, 9.17) is 55.9 Å². The van der Waals surface area contributed by atoms with Crippen molar-refractivity contribution in [3.8, 4) is 11.5 Å². The lowest BCUT2D eigenvalue weighted by Gasteiger charge is -2.14. The van der Waals surface area contributed by atoms with E-state index in [2.05, 4.69) is 10.6 Å². The molecule has 0 unspecified atom stereocenters. The van der Waals surface area contributed by atoms with Crippen molar-refractivity contribution in [2.45, 2.75) is 6.61 Å². The molecule has 2 N–H and O–H groups in total. The second kappa shape index (κ2) is 10.1. The van der Waals surface area contributed by atoms with Gasteiger partial charge in [0.25, 0.3) is 0 Å². The number of methoxy groups -OCH3 is 1. The monoisotopic (exact) mass is 484 g/mol. The van der Waals surface area contributed by atoms with Crippen molar-refractivity contribution < 1.29 is 14.3 Å². The van der Waals surface area contributed by atoms with E-state index in [9.17, 15) is 4.79 Å². The lowest BCUT2D eigenvalue weighted by Crippen LogP contribution is -2.19. The third-order valence-electron chi connectivity index (χ3n) is 3.86. The molecule has 3 aromatic rings. The van der Waals surface area contributed by atoms with E-state index in [0.29, 0.717) is 43.0 Å². The summed E-state index contributed by atoms with van der Waals surface area (Å²) in [6, 6.07) is 14.5. The largest absolute Gasteiger partial charge is 0.493 e. The number of hydrogen-bond donors (Lipinski definition) is 2. The summed E-state index contributed by atoms with van der Waals surface area (Å²) < 4.78 is 11.2. The van der Waals surface area contributed by atoms with Crippen LogP contribution in [0, 0.1) is 0 Å². The Labute approximate surface area is 193 Å². The molecule has 0 aromatic heterocycles. The molecule has 0 heterocycles. The smallest absolute Gasteiger partial charge is 0.323 e. The lowest BCUT2D eigenvalue weighted by molar-refractivity contribution is 0.262. The summed E-state index contributed by atoms with van der Waals surface area (Å²) >= 11 is 23.9. The number of hydrogen-bond acceptors (Lipinski definition) is 3. The number of ether oxygens (including phenoxy) is 2. The quantitative estimate of drug-likeness (QED) is 0.379. The average molecular weight is 486 g/mol. The SMILES string of the molecule is COc1ccc(NC(=O)Nc2cc(Cl)cc(Cl)c2)cc1OCc1cc(Cl)cc(Cl)c1. The number of nitrogens with one attached hydrogen (secondary N) is 2. The zero-order valence-electron chi connectivity index (χ0n) is 15.6. The van der Waals surface area contributed by atoms with Gasteiger partial charge in [0.2, 0.25) is 0 Å². The molecule has 3 aromatic carbocycles. The van der Waals surface area contributed by atoms with Crippen LogP contribution in [0.15, 0.2) is 54.6 Å². The fourth-order valence-electron chi connectivity index (χ4n) is 2.64. The van der Waals surface area contributed by atoms with Gasteiger partial charge in [-0.25, -0.2) is 4.79 Å². The lowest BCUT2D eigenvalue weighted by atomic mass is 10.2. The third-order valence-corrected chi connectivity index (χ3v) is 4.73. The van der Waals surface area contributed by atoms with Crippen LogP contribution in [0.4, 0.5) is 16.2 Å². The Hall–Kier alpha value is -2.31. The van der Waals surface area contributed by atoms with E-state index in [0.717, 1.165) is 5.56 Å². The number of urea groups is 1. The number of carbonyl (C=O) groups is 1. The predicted molar refractivity (Wildman–Crippen MR) is 123 cm³/mol. The first-order valence-corrected chi connectivity index (χ1v) is 10.1. The summed E-state index contributed by atoms with van der Waals surface area (Å²) in [5, 5.41) is 7.26. The molecule has 0 fully saturated rings. The fourth-order valence-corrected chi connectivity index (χ4v) is 3.74. The molecule has 0 aliphatic carbocycles. The molecule has 0 bridgehead atoms. The van der Waals surface area contributed by atoms with Gasteiger partial charge >= 0.3 is 6.03 Å². The van der Waals surface area contributed by atoms with E-state index < -0.39 is 6.03 Å². The number of carbonyl (C=O) groups excluding carboxylic acids is 1. The Balaban J connectivity index is 1.70. The molecule has 2 amide bonds. The first kappa shape index (κ1) is 22.4. The van der Waals surface area contributed by atoms with Crippen molar-refractivity contribution in [2.75, 3.05) is 17.7 Å². The van der Waals surface area contributed by atoms with Crippen LogP contribution in [0.25, 0.3) is 0 Å².